The van der Waals surface area contributed by atoms with Crippen molar-refractivity contribution in [3.05, 3.63) is 65.0 Å². The molecular formula is C20H22FNO2. The van der Waals surface area contributed by atoms with Crippen molar-refractivity contribution < 1.29 is 14.0 Å². The second kappa shape index (κ2) is 8.39. The predicted molar refractivity (Wildman–Crippen MR) is 93.8 cm³/mol. The van der Waals surface area contributed by atoms with Crippen LogP contribution in [0, 0.1) is 5.82 Å². The molecule has 0 aromatic heterocycles. The molecule has 126 valence electrons. The van der Waals surface area contributed by atoms with Crippen LogP contribution in [0.25, 0.3) is 0 Å². The number of carbonyl (C=O) groups is 2. The summed E-state index contributed by atoms with van der Waals surface area (Å²) in [6, 6.07) is 11.4. The lowest BCUT2D eigenvalue weighted by molar-refractivity contribution is -0.116. The lowest BCUT2D eigenvalue weighted by Gasteiger charge is -2.14. The van der Waals surface area contributed by atoms with Crippen molar-refractivity contribution in [1.29, 1.82) is 0 Å². The number of ketones is 1. The molecule has 1 amide bonds. The fourth-order valence-corrected chi connectivity index (χ4v) is 2.61. The van der Waals surface area contributed by atoms with E-state index in [1.54, 1.807) is 0 Å². The van der Waals surface area contributed by atoms with Crippen LogP contribution in [0.4, 0.5) is 10.1 Å². The minimum atomic E-state index is -0.382. The zero-order chi connectivity index (χ0) is 17.5. The Kier molecular flexibility index (Phi) is 6.24. The summed E-state index contributed by atoms with van der Waals surface area (Å²) in [4.78, 5) is 24.3. The van der Waals surface area contributed by atoms with Gasteiger partial charge in [-0.05, 0) is 48.2 Å². The molecule has 0 saturated heterocycles. The summed E-state index contributed by atoms with van der Waals surface area (Å²) in [6.07, 6.45) is 1.88. The first kappa shape index (κ1) is 17.9. The molecule has 1 N–H and O–H groups in total. The number of nitrogens with one attached hydrogen (secondary N) is 1. The van der Waals surface area contributed by atoms with E-state index in [1.165, 1.54) is 24.3 Å². The quantitative estimate of drug-likeness (QED) is 0.758. The van der Waals surface area contributed by atoms with Gasteiger partial charge in [0.1, 0.15) is 5.82 Å². The van der Waals surface area contributed by atoms with Crippen LogP contribution in [0.1, 0.15) is 48.2 Å². The van der Waals surface area contributed by atoms with Crippen molar-refractivity contribution in [3.63, 3.8) is 0 Å². The molecule has 0 bridgehead atoms. The number of benzene rings is 2. The second-order valence-corrected chi connectivity index (χ2v) is 5.64. The molecule has 2 rings (SSSR count). The molecule has 2 aromatic carbocycles. The Morgan fingerprint density at radius 3 is 2.04 bits per heavy atom. The van der Waals surface area contributed by atoms with Crippen molar-refractivity contribution in [2.24, 2.45) is 0 Å². The van der Waals surface area contributed by atoms with Crippen molar-refractivity contribution in [3.8, 4) is 0 Å². The summed E-state index contributed by atoms with van der Waals surface area (Å²) in [6.45, 7) is 4.09. The fourth-order valence-electron chi connectivity index (χ4n) is 2.61. The van der Waals surface area contributed by atoms with Crippen LogP contribution in [-0.4, -0.2) is 11.7 Å². The highest BCUT2D eigenvalue weighted by atomic mass is 19.1. The topological polar surface area (TPSA) is 46.2 Å². The van der Waals surface area contributed by atoms with Crippen LogP contribution in [0.2, 0.25) is 0 Å². The summed E-state index contributed by atoms with van der Waals surface area (Å²) in [5.74, 6) is -0.724. The molecule has 0 radical (unpaired) electrons. The van der Waals surface area contributed by atoms with Crippen molar-refractivity contribution in [2.75, 3.05) is 5.32 Å². The Bertz CT molecular complexity index is 701. The Morgan fingerprint density at radius 1 is 0.917 bits per heavy atom. The van der Waals surface area contributed by atoms with E-state index in [4.69, 9.17) is 0 Å². The fraction of sp³-hybridized carbons (Fsp3) is 0.300. The first-order valence-corrected chi connectivity index (χ1v) is 8.24. The van der Waals surface area contributed by atoms with Gasteiger partial charge < -0.3 is 5.32 Å². The van der Waals surface area contributed by atoms with Gasteiger partial charge in [-0.3, -0.25) is 9.59 Å². The molecule has 4 heteroatoms. The molecule has 0 aliphatic heterocycles. The molecule has 24 heavy (non-hydrogen) atoms. The largest absolute Gasteiger partial charge is 0.326 e. The maximum Gasteiger partial charge on any atom is 0.224 e. The van der Waals surface area contributed by atoms with E-state index >= 15 is 0 Å². The maximum atomic E-state index is 12.9. The van der Waals surface area contributed by atoms with Gasteiger partial charge in [-0.1, -0.05) is 32.0 Å². The third-order valence-corrected chi connectivity index (χ3v) is 4.01. The Labute approximate surface area is 141 Å². The number of aryl methyl sites for hydroxylation is 2. The lowest BCUT2D eigenvalue weighted by Crippen LogP contribution is -2.16. The number of halogens is 1. The number of Topliss-reactive ketones (excluding diaryl/α,β-unsaturated/α-hetero) is 1. The van der Waals surface area contributed by atoms with Crippen LogP contribution in [-0.2, 0) is 17.6 Å². The van der Waals surface area contributed by atoms with Crippen LogP contribution in [0.15, 0.2) is 42.5 Å². The summed E-state index contributed by atoms with van der Waals surface area (Å²) in [5, 5.41) is 2.95. The second-order valence-electron chi connectivity index (χ2n) is 5.64. The van der Waals surface area contributed by atoms with E-state index in [2.05, 4.69) is 5.32 Å². The molecule has 0 aliphatic carbocycles. The van der Waals surface area contributed by atoms with Crippen molar-refractivity contribution in [2.45, 2.75) is 39.5 Å². The monoisotopic (exact) mass is 327 g/mol. The van der Waals surface area contributed by atoms with E-state index < -0.39 is 0 Å². The molecule has 0 unspecified atom stereocenters. The highest BCUT2D eigenvalue weighted by molar-refractivity contribution is 6.00. The molecule has 0 aliphatic rings. The van der Waals surface area contributed by atoms with Gasteiger partial charge in [0.05, 0.1) is 0 Å². The normalized spacial score (nSPS) is 10.5. The highest BCUT2D eigenvalue weighted by Gasteiger charge is 2.13. The number of rotatable bonds is 7. The standard InChI is InChI=1S/C20H22FNO2/c1-3-14-6-5-7-15(4-2)20(14)22-19(24)13-12-18(23)16-8-10-17(21)11-9-16/h5-11H,3-4,12-13H2,1-2H3,(H,22,24). The number of amides is 1. The molecule has 0 atom stereocenters. The number of anilines is 1. The average molecular weight is 327 g/mol. The van der Waals surface area contributed by atoms with Crippen LogP contribution in [0.5, 0.6) is 0 Å². The number of carbonyl (C=O) groups excluding carboxylic acids is 2. The molecule has 0 saturated carbocycles. The summed E-state index contributed by atoms with van der Waals surface area (Å²) in [7, 11) is 0. The van der Waals surface area contributed by atoms with Crippen molar-refractivity contribution in [1.82, 2.24) is 0 Å². The van der Waals surface area contributed by atoms with Gasteiger partial charge in [-0.2, -0.15) is 0 Å². The SMILES string of the molecule is CCc1cccc(CC)c1NC(=O)CCC(=O)c1ccc(F)cc1. The summed E-state index contributed by atoms with van der Waals surface area (Å²) >= 11 is 0. The van der Waals surface area contributed by atoms with Gasteiger partial charge in [0.15, 0.2) is 5.78 Å². The van der Waals surface area contributed by atoms with E-state index in [1.807, 2.05) is 32.0 Å². The van der Waals surface area contributed by atoms with Crippen LogP contribution >= 0.6 is 0 Å². The molecular weight excluding hydrogens is 305 g/mol. The minimum absolute atomic E-state index is 0.104. The van der Waals surface area contributed by atoms with Gasteiger partial charge in [-0.15, -0.1) is 0 Å². The maximum absolute atomic E-state index is 12.9. The number of hydrogen-bond donors (Lipinski definition) is 1. The summed E-state index contributed by atoms with van der Waals surface area (Å²) < 4.78 is 12.9. The van der Waals surface area contributed by atoms with E-state index in [0.29, 0.717) is 5.56 Å². The Balaban J connectivity index is 1.99. The van der Waals surface area contributed by atoms with Gasteiger partial charge in [0.25, 0.3) is 0 Å². The Morgan fingerprint density at radius 2 is 1.50 bits per heavy atom. The molecule has 3 nitrogen and oxygen atoms in total. The molecule has 0 spiro atoms. The first-order valence-electron chi connectivity index (χ1n) is 8.24. The third-order valence-electron chi connectivity index (χ3n) is 4.01. The molecule has 2 aromatic rings. The Hall–Kier alpha value is -2.49. The third kappa shape index (κ3) is 4.51. The minimum Gasteiger partial charge on any atom is -0.326 e. The zero-order valence-corrected chi connectivity index (χ0v) is 14.1. The smallest absolute Gasteiger partial charge is 0.224 e. The van der Waals surface area contributed by atoms with E-state index in [-0.39, 0.29) is 30.3 Å². The number of para-hydroxylation sites is 1. The van der Waals surface area contributed by atoms with E-state index in [0.717, 1.165) is 29.7 Å². The van der Waals surface area contributed by atoms with Crippen LogP contribution < -0.4 is 5.32 Å². The molecule has 0 fully saturated rings. The van der Waals surface area contributed by atoms with Gasteiger partial charge in [0.2, 0.25) is 5.91 Å². The first-order chi connectivity index (χ1) is 11.5. The molecule has 0 heterocycles. The van der Waals surface area contributed by atoms with E-state index in [9.17, 15) is 14.0 Å². The van der Waals surface area contributed by atoms with Crippen molar-refractivity contribution >= 4 is 17.4 Å². The summed E-state index contributed by atoms with van der Waals surface area (Å²) in [5.41, 5.74) is 3.47. The van der Waals surface area contributed by atoms with Crippen LogP contribution in [0.3, 0.4) is 0 Å². The number of hydrogen-bond acceptors (Lipinski definition) is 2. The zero-order valence-electron chi connectivity index (χ0n) is 14.1. The average Bonchev–Trinajstić information content (AvgIpc) is 2.60. The predicted octanol–water partition coefficient (Wildman–Crippen LogP) is 4.55. The van der Waals surface area contributed by atoms with Gasteiger partial charge >= 0.3 is 0 Å². The van der Waals surface area contributed by atoms with Gasteiger partial charge in [0, 0.05) is 24.1 Å². The lowest BCUT2D eigenvalue weighted by atomic mass is 10.0. The highest BCUT2D eigenvalue weighted by Crippen LogP contribution is 2.23. The van der Waals surface area contributed by atoms with Gasteiger partial charge in [-0.25, -0.2) is 4.39 Å².